The van der Waals surface area contributed by atoms with E-state index in [1.165, 1.54) is 18.4 Å². The lowest BCUT2D eigenvalue weighted by Crippen LogP contribution is -2.50. The molecule has 0 aromatic heterocycles. The van der Waals surface area contributed by atoms with Crippen molar-refractivity contribution in [1.82, 2.24) is 20.4 Å². The van der Waals surface area contributed by atoms with Crippen LogP contribution in [0, 0.1) is 0 Å². The highest BCUT2D eigenvalue weighted by Gasteiger charge is 2.26. The lowest BCUT2D eigenvalue weighted by Gasteiger charge is -2.32. The first-order valence-electron chi connectivity index (χ1n) is 11.4. The highest BCUT2D eigenvalue weighted by molar-refractivity contribution is 5.80. The number of guanidine groups is 1. The van der Waals surface area contributed by atoms with Crippen molar-refractivity contribution in [2.75, 3.05) is 39.3 Å². The molecule has 1 aromatic rings. The quantitative estimate of drug-likeness (QED) is 0.529. The summed E-state index contributed by atoms with van der Waals surface area (Å²) in [7, 11) is 0. The summed E-state index contributed by atoms with van der Waals surface area (Å²) >= 11 is 0. The van der Waals surface area contributed by atoms with E-state index in [0.717, 1.165) is 58.1 Å². The maximum Gasteiger partial charge on any atom is 0.409 e. The monoisotopic (exact) mass is 415 g/mol. The maximum atomic E-state index is 11.9. The zero-order chi connectivity index (χ0) is 21.2. The molecule has 0 radical (unpaired) electrons. The summed E-state index contributed by atoms with van der Waals surface area (Å²) in [4.78, 5) is 21.1. The number of benzene rings is 1. The summed E-state index contributed by atoms with van der Waals surface area (Å²) in [6.07, 6.45) is 4.06. The average Bonchev–Trinajstić information content (AvgIpc) is 3.20. The number of likely N-dealkylation sites (tertiary alicyclic amines) is 2. The topological polar surface area (TPSA) is 69.2 Å². The molecule has 2 saturated heterocycles. The summed E-state index contributed by atoms with van der Waals surface area (Å²) in [5.41, 5.74) is 1.37. The van der Waals surface area contributed by atoms with Crippen LogP contribution < -0.4 is 10.6 Å². The minimum absolute atomic E-state index is 0.198. The Balaban J connectivity index is 1.50. The SMILES string of the molecule is CCNC(=NCC1CCCN1Cc1ccccc1)NC1CCN(C(=O)OCC)CC1. The Morgan fingerprint density at radius 1 is 1.13 bits per heavy atom. The number of rotatable bonds is 7. The molecule has 1 atom stereocenters. The molecule has 2 heterocycles. The van der Waals surface area contributed by atoms with Crippen molar-refractivity contribution in [1.29, 1.82) is 0 Å². The average molecular weight is 416 g/mol. The number of hydrogen-bond donors (Lipinski definition) is 2. The first kappa shape index (κ1) is 22.4. The van der Waals surface area contributed by atoms with Gasteiger partial charge in [0, 0.05) is 38.3 Å². The second kappa shape index (κ2) is 11.8. The van der Waals surface area contributed by atoms with Crippen molar-refractivity contribution in [2.45, 2.75) is 58.2 Å². The molecule has 0 saturated carbocycles. The number of hydrogen-bond acceptors (Lipinski definition) is 4. The van der Waals surface area contributed by atoms with E-state index in [0.29, 0.717) is 18.7 Å². The van der Waals surface area contributed by atoms with Crippen molar-refractivity contribution >= 4 is 12.1 Å². The highest BCUT2D eigenvalue weighted by atomic mass is 16.6. The molecule has 7 heteroatoms. The number of piperidine rings is 1. The van der Waals surface area contributed by atoms with Crippen LogP contribution in [0.15, 0.2) is 35.3 Å². The molecule has 7 nitrogen and oxygen atoms in total. The summed E-state index contributed by atoms with van der Waals surface area (Å²) in [5, 5.41) is 6.97. The van der Waals surface area contributed by atoms with Crippen LogP contribution >= 0.6 is 0 Å². The Kier molecular flexibility index (Phi) is 8.81. The molecule has 2 fully saturated rings. The Bertz CT molecular complexity index is 673. The third-order valence-corrected chi connectivity index (χ3v) is 5.89. The van der Waals surface area contributed by atoms with Gasteiger partial charge in [-0.15, -0.1) is 0 Å². The molecule has 2 aliphatic rings. The van der Waals surface area contributed by atoms with Crippen LogP contribution in [-0.2, 0) is 11.3 Å². The number of aliphatic imine (C=N–C) groups is 1. The standard InChI is InChI=1S/C23H37N5O2/c1-3-24-22(26-20-12-15-27(16-13-20)23(29)30-4-2)25-17-21-11-8-14-28(21)18-19-9-6-5-7-10-19/h5-7,9-10,20-21H,3-4,8,11-18H2,1-2H3,(H2,24,25,26). The predicted molar refractivity (Wildman–Crippen MR) is 121 cm³/mol. The van der Waals surface area contributed by atoms with Gasteiger partial charge in [0.15, 0.2) is 5.96 Å². The second-order valence-electron chi connectivity index (χ2n) is 8.08. The van der Waals surface area contributed by atoms with E-state index >= 15 is 0 Å². The minimum Gasteiger partial charge on any atom is -0.450 e. The summed E-state index contributed by atoms with van der Waals surface area (Å²) in [5.74, 6) is 0.888. The van der Waals surface area contributed by atoms with Gasteiger partial charge in [0.1, 0.15) is 0 Å². The van der Waals surface area contributed by atoms with Crippen molar-refractivity contribution in [2.24, 2.45) is 4.99 Å². The third kappa shape index (κ3) is 6.62. The van der Waals surface area contributed by atoms with Crippen LogP contribution in [0.2, 0.25) is 0 Å². The molecule has 2 aliphatic heterocycles. The molecule has 30 heavy (non-hydrogen) atoms. The minimum atomic E-state index is -0.198. The normalized spacial score (nSPS) is 20.9. The van der Waals surface area contributed by atoms with Crippen LogP contribution in [0.5, 0.6) is 0 Å². The Labute approximate surface area is 180 Å². The van der Waals surface area contributed by atoms with Crippen LogP contribution in [0.1, 0.15) is 45.1 Å². The van der Waals surface area contributed by atoms with Gasteiger partial charge in [-0.1, -0.05) is 30.3 Å². The fraction of sp³-hybridized carbons (Fsp3) is 0.652. The van der Waals surface area contributed by atoms with Gasteiger partial charge in [-0.25, -0.2) is 4.79 Å². The van der Waals surface area contributed by atoms with Crippen LogP contribution in [0.25, 0.3) is 0 Å². The molecular weight excluding hydrogens is 378 g/mol. The van der Waals surface area contributed by atoms with Crippen LogP contribution in [0.3, 0.4) is 0 Å². The molecule has 1 unspecified atom stereocenters. The smallest absolute Gasteiger partial charge is 0.409 e. The summed E-state index contributed by atoms with van der Waals surface area (Å²) < 4.78 is 5.11. The fourth-order valence-electron chi connectivity index (χ4n) is 4.26. The fourth-order valence-corrected chi connectivity index (χ4v) is 4.26. The largest absolute Gasteiger partial charge is 0.450 e. The highest BCUT2D eigenvalue weighted by Crippen LogP contribution is 2.20. The molecule has 0 spiro atoms. The summed E-state index contributed by atoms with van der Waals surface area (Å²) in [6.45, 7) is 9.61. The number of carbonyl (C=O) groups excluding carboxylic acids is 1. The van der Waals surface area contributed by atoms with Gasteiger partial charge in [-0.05, 0) is 51.6 Å². The van der Waals surface area contributed by atoms with Crippen molar-refractivity contribution < 1.29 is 9.53 Å². The Hall–Kier alpha value is -2.28. The van der Waals surface area contributed by atoms with E-state index in [1.807, 2.05) is 6.92 Å². The first-order chi connectivity index (χ1) is 14.7. The second-order valence-corrected chi connectivity index (χ2v) is 8.08. The molecule has 0 aliphatic carbocycles. The third-order valence-electron chi connectivity index (χ3n) is 5.89. The van der Waals surface area contributed by atoms with E-state index in [4.69, 9.17) is 9.73 Å². The molecule has 166 valence electrons. The van der Waals surface area contributed by atoms with E-state index in [9.17, 15) is 4.79 Å². The van der Waals surface area contributed by atoms with Crippen LogP contribution in [-0.4, -0.2) is 73.3 Å². The van der Waals surface area contributed by atoms with Crippen molar-refractivity contribution in [3.63, 3.8) is 0 Å². The van der Waals surface area contributed by atoms with Gasteiger partial charge in [0.05, 0.1) is 13.2 Å². The molecule has 2 N–H and O–H groups in total. The molecular formula is C23H37N5O2. The number of ether oxygens (including phenoxy) is 1. The number of carbonyl (C=O) groups is 1. The van der Waals surface area contributed by atoms with Gasteiger partial charge in [0.25, 0.3) is 0 Å². The summed E-state index contributed by atoms with van der Waals surface area (Å²) in [6, 6.07) is 11.5. The lowest BCUT2D eigenvalue weighted by molar-refractivity contribution is 0.0963. The number of nitrogens with one attached hydrogen (secondary N) is 2. The van der Waals surface area contributed by atoms with Gasteiger partial charge >= 0.3 is 6.09 Å². The van der Waals surface area contributed by atoms with Gasteiger partial charge < -0.3 is 20.3 Å². The molecule has 1 aromatic carbocycles. The predicted octanol–water partition coefficient (Wildman–Crippen LogP) is 2.83. The van der Waals surface area contributed by atoms with E-state index < -0.39 is 0 Å². The first-order valence-corrected chi connectivity index (χ1v) is 11.4. The van der Waals surface area contributed by atoms with E-state index in [1.54, 1.807) is 4.90 Å². The lowest BCUT2D eigenvalue weighted by atomic mass is 10.1. The Morgan fingerprint density at radius 2 is 1.90 bits per heavy atom. The van der Waals surface area contributed by atoms with E-state index in [2.05, 4.69) is 52.8 Å². The molecule has 0 bridgehead atoms. The van der Waals surface area contributed by atoms with Crippen molar-refractivity contribution in [3.05, 3.63) is 35.9 Å². The molecule has 3 rings (SSSR count). The zero-order valence-corrected chi connectivity index (χ0v) is 18.5. The zero-order valence-electron chi connectivity index (χ0n) is 18.5. The number of amides is 1. The van der Waals surface area contributed by atoms with E-state index in [-0.39, 0.29) is 6.09 Å². The van der Waals surface area contributed by atoms with Gasteiger partial charge in [-0.2, -0.15) is 0 Å². The molecule has 1 amide bonds. The van der Waals surface area contributed by atoms with Crippen molar-refractivity contribution in [3.8, 4) is 0 Å². The van der Waals surface area contributed by atoms with Gasteiger partial charge in [0.2, 0.25) is 0 Å². The van der Waals surface area contributed by atoms with Gasteiger partial charge in [-0.3, -0.25) is 9.89 Å². The number of nitrogens with zero attached hydrogens (tertiary/aromatic N) is 3. The van der Waals surface area contributed by atoms with Crippen LogP contribution in [0.4, 0.5) is 4.79 Å². The maximum absolute atomic E-state index is 11.9. The Morgan fingerprint density at radius 3 is 2.60 bits per heavy atom.